The van der Waals surface area contributed by atoms with Crippen molar-refractivity contribution in [2.24, 2.45) is 0 Å². The van der Waals surface area contributed by atoms with Crippen molar-refractivity contribution in [1.82, 2.24) is 0 Å². The van der Waals surface area contributed by atoms with E-state index in [-0.39, 0.29) is 11.6 Å². The molecule has 78 valence electrons. The number of hydrogen-bond donors (Lipinski definition) is 0. The van der Waals surface area contributed by atoms with Crippen molar-refractivity contribution in [2.75, 3.05) is 0 Å². The largest absolute Gasteiger partial charge is 0.295 e. The van der Waals surface area contributed by atoms with E-state index in [0.29, 0.717) is 12.8 Å². The summed E-state index contributed by atoms with van der Waals surface area (Å²) in [6.07, 6.45) is 10.7. The molecule has 0 saturated carbocycles. The molecule has 2 heteroatoms. The molecule has 0 aromatic carbocycles. The van der Waals surface area contributed by atoms with Gasteiger partial charge in [0.25, 0.3) is 0 Å². The van der Waals surface area contributed by atoms with E-state index < -0.39 is 0 Å². The van der Waals surface area contributed by atoms with Gasteiger partial charge in [0.05, 0.1) is 0 Å². The number of ketones is 2. The van der Waals surface area contributed by atoms with Crippen molar-refractivity contribution < 1.29 is 9.59 Å². The number of hydrogen-bond acceptors (Lipinski definition) is 2. The molecule has 0 aromatic heterocycles. The summed E-state index contributed by atoms with van der Waals surface area (Å²) in [4.78, 5) is 22.4. The molecule has 0 aromatic rings. The van der Waals surface area contributed by atoms with Gasteiger partial charge in [0.2, 0.25) is 0 Å². The Morgan fingerprint density at radius 2 is 1.00 bits per heavy atom. The van der Waals surface area contributed by atoms with Gasteiger partial charge < -0.3 is 0 Å². The molecule has 0 bridgehead atoms. The Kier molecular flexibility index (Phi) is 5.20. The standard InChI is InChI=1S/C12H18O2/c13-11-7-5-3-1-2-4-6-8-12(14)10-9-11/h9-10H,1-8H2/b10-9-. The molecule has 1 aliphatic rings. The van der Waals surface area contributed by atoms with Gasteiger partial charge in [-0.1, -0.05) is 25.7 Å². The number of carbonyl (C=O) groups is 2. The molecule has 1 rings (SSSR count). The summed E-state index contributed by atoms with van der Waals surface area (Å²) >= 11 is 0. The van der Waals surface area contributed by atoms with Crippen LogP contribution in [0.15, 0.2) is 12.2 Å². The molecule has 0 amide bonds. The smallest absolute Gasteiger partial charge is 0.155 e. The van der Waals surface area contributed by atoms with E-state index in [9.17, 15) is 9.59 Å². The van der Waals surface area contributed by atoms with E-state index in [0.717, 1.165) is 25.7 Å². The zero-order chi connectivity index (χ0) is 10.2. The molecular weight excluding hydrogens is 176 g/mol. The third kappa shape index (κ3) is 4.95. The second-order valence-corrected chi connectivity index (χ2v) is 3.89. The minimum Gasteiger partial charge on any atom is -0.295 e. The van der Waals surface area contributed by atoms with E-state index in [4.69, 9.17) is 0 Å². The van der Waals surface area contributed by atoms with Gasteiger partial charge in [-0.15, -0.1) is 0 Å². The van der Waals surface area contributed by atoms with Crippen LogP contribution >= 0.6 is 0 Å². The molecule has 0 radical (unpaired) electrons. The van der Waals surface area contributed by atoms with E-state index in [1.807, 2.05) is 0 Å². The Balaban J connectivity index is 2.42. The van der Waals surface area contributed by atoms with E-state index in [2.05, 4.69) is 0 Å². The summed E-state index contributed by atoms with van der Waals surface area (Å²) in [7, 11) is 0. The SMILES string of the molecule is O=C1/C=C\C(=O)CCCCCCCC1. The summed E-state index contributed by atoms with van der Waals surface area (Å²) in [6.45, 7) is 0. The van der Waals surface area contributed by atoms with Crippen LogP contribution in [0.3, 0.4) is 0 Å². The molecule has 0 atom stereocenters. The highest BCUT2D eigenvalue weighted by atomic mass is 16.1. The second-order valence-electron chi connectivity index (χ2n) is 3.89. The van der Waals surface area contributed by atoms with Crippen molar-refractivity contribution in [1.29, 1.82) is 0 Å². The quantitative estimate of drug-likeness (QED) is 0.594. The van der Waals surface area contributed by atoms with Crippen molar-refractivity contribution in [3.63, 3.8) is 0 Å². The molecule has 1 aliphatic carbocycles. The van der Waals surface area contributed by atoms with Crippen LogP contribution in [0.1, 0.15) is 51.4 Å². The highest BCUT2D eigenvalue weighted by Crippen LogP contribution is 2.10. The summed E-state index contributed by atoms with van der Waals surface area (Å²) in [6, 6.07) is 0. The molecule has 0 N–H and O–H groups in total. The predicted octanol–water partition coefficient (Wildman–Crippen LogP) is 2.82. The molecule has 0 spiro atoms. The first-order valence-corrected chi connectivity index (χ1v) is 5.53. The lowest BCUT2D eigenvalue weighted by atomic mass is 10.0. The Morgan fingerprint density at radius 3 is 1.43 bits per heavy atom. The van der Waals surface area contributed by atoms with Crippen molar-refractivity contribution in [2.45, 2.75) is 51.4 Å². The Hall–Kier alpha value is -0.920. The average Bonchev–Trinajstić information content (AvgIpc) is 2.17. The summed E-state index contributed by atoms with van der Waals surface area (Å²) in [5.74, 6) is 0.192. The van der Waals surface area contributed by atoms with Crippen molar-refractivity contribution >= 4 is 11.6 Å². The third-order valence-electron chi connectivity index (χ3n) is 2.55. The minimum atomic E-state index is 0.0962. The maximum Gasteiger partial charge on any atom is 0.155 e. The lowest BCUT2D eigenvalue weighted by Crippen LogP contribution is -1.98. The van der Waals surface area contributed by atoms with Crippen LogP contribution < -0.4 is 0 Å². The fourth-order valence-corrected chi connectivity index (χ4v) is 1.66. The van der Waals surface area contributed by atoms with Gasteiger partial charge in [-0.05, 0) is 25.0 Å². The van der Waals surface area contributed by atoms with Crippen LogP contribution in [-0.2, 0) is 9.59 Å². The molecule has 0 saturated heterocycles. The first-order valence-electron chi connectivity index (χ1n) is 5.53. The fourth-order valence-electron chi connectivity index (χ4n) is 1.66. The fraction of sp³-hybridized carbons (Fsp3) is 0.667. The van der Waals surface area contributed by atoms with E-state index >= 15 is 0 Å². The normalized spacial score (nSPS) is 23.7. The first kappa shape index (κ1) is 11.2. The van der Waals surface area contributed by atoms with Crippen LogP contribution in [0.5, 0.6) is 0 Å². The van der Waals surface area contributed by atoms with Crippen LogP contribution in [0.25, 0.3) is 0 Å². The van der Waals surface area contributed by atoms with Gasteiger partial charge in [0.1, 0.15) is 0 Å². The first-order chi connectivity index (χ1) is 6.79. The third-order valence-corrected chi connectivity index (χ3v) is 2.55. The van der Waals surface area contributed by atoms with Crippen molar-refractivity contribution in [3.05, 3.63) is 12.2 Å². The topological polar surface area (TPSA) is 34.1 Å². The summed E-state index contributed by atoms with van der Waals surface area (Å²) in [5, 5.41) is 0. The zero-order valence-corrected chi connectivity index (χ0v) is 8.63. The van der Waals surface area contributed by atoms with Crippen LogP contribution in [0, 0.1) is 0 Å². The molecule has 0 fully saturated rings. The lowest BCUT2D eigenvalue weighted by molar-refractivity contribution is -0.117. The van der Waals surface area contributed by atoms with Gasteiger partial charge in [-0.2, -0.15) is 0 Å². The van der Waals surface area contributed by atoms with E-state index in [1.54, 1.807) is 0 Å². The van der Waals surface area contributed by atoms with Crippen molar-refractivity contribution in [3.8, 4) is 0 Å². The van der Waals surface area contributed by atoms with Gasteiger partial charge in [-0.3, -0.25) is 9.59 Å². The van der Waals surface area contributed by atoms with Crippen LogP contribution in [0.4, 0.5) is 0 Å². The number of allylic oxidation sites excluding steroid dienone is 2. The van der Waals surface area contributed by atoms with Gasteiger partial charge in [0, 0.05) is 12.8 Å². The minimum absolute atomic E-state index is 0.0962. The van der Waals surface area contributed by atoms with Gasteiger partial charge in [-0.25, -0.2) is 0 Å². The number of rotatable bonds is 0. The maximum absolute atomic E-state index is 11.2. The molecule has 0 heterocycles. The summed E-state index contributed by atoms with van der Waals surface area (Å²) in [5.41, 5.74) is 0. The zero-order valence-electron chi connectivity index (χ0n) is 8.63. The second kappa shape index (κ2) is 6.52. The van der Waals surface area contributed by atoms with Gasteiger partial charge >= 0.3 is 0 Å². The molecule has 0 aliphatic heterocycles. The summed E-state index contributed by atoms with van der Waals surface area (Å²) < 4.78 is 0. The Bertz CT molecular complexity index is 204. The Labute approximate surface area is 85.4 Å². The maximum atomic E-state index is 11.2. The lowest BCUT2D eigenvalue weighted by Gasteiger charge is -2.02. The average molecular weight is 194 g/mol. The number of carbonyl (C=O) groups excluding carboxylic acids is 2. The molecule has 14 heavy (non-hydrogen) atoms. The monoisotopic (exact) mass is 194 g/mol. The predicted molar refractivity (Wildman–Crippen MR) is 56.1 cm³/mol. The highest BCUT2D eigenvalue weighted by Gasteiger charge is 2.02. The van der Waals surface area contributed by atoms with Gasteiger partial charge in [0.15, 0.2) is 11.6 Å². The van der Waals surface area contributed by atoms with E-state index in [1.165, 1.54) is 25.0 Å². The van der Waals surface area contributed by atoms with Crippen LogP contribution in [0.2, 0.25) is 0 Å². The Morgan fingerprint density at radius 1 is 0.643 bits per heavy atom. The molecular formula is C12H18O2. The molecule has 2 nitrogen and oxygen atoms in total. The highest BCUT2D eigenvalue weighted by molar-refractivity contribution is 5.98. The van der Waals surface area contributed by atoms with Crippen LogP contribution in [-0.4, -0.2) is 11.6 Å². The molecule has 0 unspecified atom stereocenters.